The number of aryl methyl sites for hydroxylation is 1. The maximum Gasteiger partial charge on any atom is 0.257 e. The highest BCUT2D eigenvalue weighted by Crippen LogP contribution is 2.37. The smallest absolute Gasteiger partial charge is 0.257 e. The van der Waals surface area contributed by atoms with Crippen LogP contribution in [-0.4, -0.2) is 59.6 Å². The lowest BCUT2D eigenvalue weighted by molar-refractivity contribution is 0.0701. The van der Waals surface area contributed by atoms with E-state index in [2.05, 4.69) is 6.08 Å². The molecule has 7 heteroatoms. The lowest BCUT2D eigenvalue weighted by Gasteiger charge is -2.33. The maximum absolute atomic E-state index is 13.2. The Morgan fingerprint density at radius 1 is 0.938 bits per heavy atom. The van der Waals surface area contributed by atoms with Crippen molar-refractivity contribution in [3.05, 3.63) is 65.0 Å². The van der Waals surface area contributed by atoms with Crippen LogP contribution in [0.2, 0.25) is 0 Å². The van der Waals surface area contributed by atoms with Gasteiger partial charge in [-0.1, -0.05) is 18.2 Å². The highest BCUT2D eigenvalue weighted by atomic mass is 16.7. The molecular weight excluding hydrogens is 406 g/mol. The third-order valence-corrected chi connectivity index (χ3v) is 6.44. The van der Waals surface area contributed by atoms with Crippen LogP contribution in [0.15, 0.2) is 42.5 Å². The lowest BCUT2D eigenvalue weighted by Crippen LogP contribution is -2.39. The molecule has 32 heavy (non-hydrogen) atoms. The Bertz CT molecular complexity index is 1070. The number of hydrogen-bond acceptors (Lipinski definition) is 5. The first-order valence-electron chi connectivity index (χ1n) is 11.2. The van der Waals surface area contributed by atoms with E-state index in [-0.39, 0.29) is 24.5 Å². The van der Waals surface area contributed by atoms with Crippen molar-refractivity contribution in [3.8, 4) is 11.5 Å². The zero-order valence-corrected chi connectivity index (χ0v) is 18.3. The average molecular weight is 434 g/mol. The minimum absolute atomic E-state index is 0.0422. The predicted octanol–water partition coefficient (Wildman–Crippen LogP) is 3.54. The number of amides is 2. The molecule has 1 saturated heterocycles. The lowest BCUT2D eigenvalue weighted by atomic mass is 9.89. The Balaban J connectivity index is 1.32. The molecule has 0 N–H and O–H groups in total. The van der Waals surface area contributed by atoms with Crippen LogP contribution in [0.3, 0.4) is 0 Å². The second kappa shape index (κ2) is 8.65. The number of carbonyl (C=O) groups is 2. The van der Waals surface area contributed by atoms with Gasteiger partial charge in [0.15, 0.2) is 11.5 Å². The summed E-state index contributed by atoms with van der Waals surface area (Å²) in [5.74, 6) is 1.31. The Kier molecular flexibility index (Phi) is 5.55. The van der Waals surface area contributed by atoms with Crippen LogP contribution in [0.4, 0.5) is 0 Å². The first-order valence-corrected chi connectivity index (χ1v) is 11.2. The molecule has 3 aliphatic rings. The van der Waals surface area contributed by atoms with Gasteiger partial charge in [0.25, 0.3) is 11.8 Å². The third kappa shape index (κ3) is 3.83. The van der Waals surface area contributed by atoms with Gasteiger partial charge in [0, 0.05) is 37.8 Å². The number of benzene rings is 1. The molecule has 0 saturated carbocycles. The molecule has 4 heterocycles. The second-order valence-corrected chi connectivity index (χ2v) is 8.50. The molecule has 166 valence electrons. The third-order valence-electron chi connectivity index (χ3n) is 6.44. The quantitative estimate of drug-likeness (QED) is 0.693. The number of fused-ring (bicyclic) bond motifs is 1. The SMILES string of the molecule is Cc1ccc(C(=O)N2CC=CCC2)c(C2CCN(C(=O)c3cccc4c3OCO4)CC2)n1. The summed E-state index contributed by atoms with van der Waals surface area (Å²) in [6.07, 6.45) is 6.59. The van der Waals surface area contributed by atoms with Gasteiger partial charge in [-0.25, -0.2) is 0 Å². The number of pyridine rings is 1. The van der Waals surface area contributed by atoms with E-state index in [9.17, 15) is 9.59 Å². The normalized spacial score (nSPS) is 18.2. The van der Waals surface area contributed by atoms with E-state index < -0.39 is 0 Å². The van der Waals surface area contributed by atoms with Crippen LogP contribution < -0.4 is 9.47 Å². The fourth-order valence-corrected chi connectivity index (χ4v) is 4.69. The van der Waals surface area contributed by atoms with Gasteiger partial charge in [-0.2, -0.15) is 0 Å². The molecule has 1 aromatic heterocycles. The number of carbonyl (C=O) groups excluding carboxylic acids is 2. The molecule has 0 aliphatic carbocycles. The van der Waals surface area contributed by atoms with Gasteiger partial charge in [0.05, 0.1) is 16.8 Å². The minimum atomic E-state index is -0.0422. The fraction of sp³-hybridized carbons (Fsp3) is 0.400. The molecule has 5 rings (SSSR count). The van der Waals surface area contributed by atoms with Crippen molar-refractivity contribution >= 4 is 11.8 Å². The number of piperidine rings is 1. The molecule has 2 aromatic rings. The van der Waals surface area contributed by atoms with E-state index in [0.717, 1.165) is 37.2 Å². The van der Waals surface area contributed by atoms with Crippen LogP contribution in [0, 0.1) is 6.92 Å². The Hall–Kier alpha value is -3.35. The van der Waals surface area contributed by atoms with E-state index in [1.807, 2.05) is 47.1 Å². The summed E-state index contributed by atoms with van der Waals surface area (Å²) in [4.78, 5) is 34.9. The van der Waals surface area contributed by atoms with Gasteiger partial charge in [-0.15, -0.1) is 0 Å². The topological polar surface area (TPSA) is 72.0 Å². The van der Waals surface area contributed by atoms with Crippen LogP contribution in [-0.2, 0) is 0 Å². The van der Waals surface area contributed by atoms with E-state index >= 15 is 0 Å². The van der Waals surface area contributed by atoms with Crippen molar-refractivity contribution in [2.75, 3.05) is 33.0 Å². The molecule has 7 nitrogen and oxygen atoms in total. The summed E-state index contributed by atoms with van der Waals surface area (Å²) >= 11 is 0. The Labute approximate surface area is 187 Å². The zero-order valence-electron chi connectivity index (χ0n) is 18.3. The standard InChI is InChI=1S/C25H27N3O4/c1-17-8-9-19(24(29)27-12-3-2-4-13-27)22(26-17)18-10-14-28(15-11-18)25(30)20-6-5-7-21-23(20)32-16-31-21/h2-3,5-9,18H,4,10-16H2,1H3. The van der Waals surface area contributed by atoms with Crippen molar-refractivity contribution in [1.82, 2.24) is 14.8 Å². The van der Waals surface area contributed by atoms with Crippen molar-refractivity contribution in [2.24, 2.45) is 0 Å². The van der Waals surface area contributed by atoms with Crippen LogP contribution in [0.25, 0.3) is 0 Å². The number of para-hydroxylation sites is 1. The number of rotatable bonds is 3. The number of hydrogen-bond donors (Lipinski definition) is 0. The van der Waals surface area contributed by atoms with Gasteiger partial charge in [-0.3, -0.25) is 14.6 Å². The largest absolute Gasteiger partial charge is 0.454 e. The molecule has 0 spiro atoms. The summed E-state index contributed by atoms with van der Waals surface area (Å²) < 4.78 is 10.9. The molecule has 0 radical (unpaired) electrons. The van der Waals surface area contributed by atoms with Gasteiger partial charge in [0.2, 0.25) is 6.79 Å². The van der Waals surface area contributed by atoms with E-state index in [4.69, 9.17) is 14.5 Å². The first kappa shape index (κ1) is 20.5. The number of ether oxygens (including phenoxy) is 2. The predicted molar refractivity (Wildman–Crippen MR) is 119 cm³/mol. The highest BCUT2D eigenvalue weighted by Gasteiger charge is 2.31. The van der Waals surface area contributed by atoms with Crippen LogP contribution >= 0.6 is 0 Å². The van der Waals surface area contributed by atoms with Crippen molar-refractivity contribution in [3.63, 3.8) is 0 Å². The van der Waals surface area contributed by atoms with E-state index in [1.54, 1.807) is 6.07 Å². The summed E-state index contributed by atoms with van der Waals surface area (Å²) in [5, 5.41) is 0. The molecule has 2 amide bonds. The van der Waals surface area contributed by atoms with Crippen LogP contribution in [0.1, 0.15) is 57.3 Å². The number of nitrogens with zero attached hydrogens (tertiary/aromatic N) is 3. The van der Waals surface area contributed by atoms with E-state index in [1.165, 1.54) is 0 Å². The van der Waals surface area contributed by atoms with Gasteiger partial charge in [0.1, 0.15) is 0 Å². The molecule has 3 aliphatic heterocycles. The minimum Gasteiger partial charge on any atom is -0.454 e. The summed E-state index contributed by atoms with van der Waals surface area (Å²) in [5.41, 5.74) is 3.02. The fourth-order valence-electron chi connectivity index (χ4n) is 4.69. The summed E-state index contributed by atoms with van der Waals surface area (Å²) in [6.45, 7) is 4.71. The highest BCUT2D eigenvalue weighted by molar-refractivity contribution is 5.98. The molecule has 0 unspecified atom stereocenters. The average Bonchev–Trinajstić information content (AvgIpc) is 3.33. The van der Waals surface area contributed by atoms with E-state index in [0.29, 0.717) is 42.3 Å². The van der Waals surface area contributed by atoms with Crippen LogP contribution in [0.5, 0.6) is 11.5 Å². The molecule has 1 fully saturated rings. The van der Waals surface area contributed by atoms with Crippen molar-refractivity contribution < 1.29 is 19.1 Å². The molecule has 0 atom stereocenters. The zero-order chi connectivity index (χ0) is 22.1. The summed E-state index contributed by atoms with van der Waals surface area (Å²) in [6, 6.07) is 9.24. The van der Waals surface area contributed by atoms with Crippen molar-refractivity contribution in [2.45, 2.75) is 32.1 Å². The summed E-state index contributed by atoms with van der Waals surface area (Å²) in [7, 11) is 0. The van der Waals surface area contributed by atoms with Gasteiger partial charge in [-0.05, 0) is 50.5 Å². The second-order valence-electron chi connectivity index (χ2n) is 8.50. The van der Waals surface area contributed by atoms with Gasteiger partial charge < -0.3 is 19.3 Å². The Morgan fingerprint density at radius 3 is 2.53 bits per heavy atom. The number of aromatic nitrogens is 1. The Morgan fingerprint density at radius 2 is 1.75 bits per heavy atom. The molecule has 1 aromatic carbocycles. The maximum atomic E-state index is 13.2. The number of likely N-dealkylation sites (tertiary alicyclic amines) is 1. The molecular formula is C25H27N3O4. The van der Waals surface area contributed by atoms with Gasteiger partial charge >= 0.3 is 0 Å². The first-order chi connectivity index (χ1) is 15.6. The molecule has 0 bridgehead atoms. The monoisotopic (exact) mass is 433 g/mol. The van der Waals surface area contributed by atoms with Crippen molar-refractivity contribution in [1.29, 1.82) is 0 Å².